The smallest absolute Gasteiger partial charge is 0.227 e. The van der Waals surface area contributed by atoms with E-state index in [2.05, 4.69) is 59.6 Å². The third-order valence-electron chi connectivity index (χ3n) is 3.35. The van der Waals surface area contributed by atoms with Crippen LogP contribution < -0.4 is 5.32 Å². The van der Waals surface area contributed by atoms with Crippen molar-refractivity contribution in [3.8, 4) is 11.1 Å². The van der Waals surface area contributed by atoms with Crippen molar-refractivity contribution >= 4 is 5.95 Å². The van der Waals surface area contributed by atoms with E-state index in [9.17, 15) is 0 Å². The molecule has 0 atom stereocenters. The second kappa shape index (κ2) is 8.08. The van der Waals surface area contributed by atoms with Crippen LogP contribution in [-0.4, -0.2) is 9.97 Å². The van der Waals surface area contributed by atoms with E-state index >= 15 is 0 Å². The molecule has 1 heterocycles. The van der Waals surface area contributed by atoms with Gasteiger partial charge in [-0.05, 0) is 37.0 Å². The highest BCUT2D eigenvalue weighted by Gasteiger charge is 2.02. The molecule has 0 fully saturated rings. The summed E-state index contributed by atoms with van der Waals surface area (Å²) in [4.78, 5) is 8.74. The number of nitrogens with one attached hydrogen (secondary N) is 1. The monoisotopic (exact) mass is 305 g/mol. The number of anilines is 1. The summed E-state index contributed by atoms with van der Waals surface area (Å²) >= 11 is 0. The van der Waals surface area contributed by atoms with E-state index in [1.807, 2.05) is 25.4 Å². The molecule has 1 aromatic carbocycles. The Kier molecular flexibility index (Phi) is 5.87. The molecule has 118 valence electrons. The third kappa shape index (κ3) is 4.92. The molecule has 3 nitrogen and oxygen atoms in total. The number of rotatable bonds is 7. The number of aromatic nitrogens is 2. The fraction of sp³-hybridized carbons (Fsp3) is 0.200. The number of hydrogen-bond acceptors (Lipinski definition) is 3. The zero-order valence-electron chi connectivity index (χ0n) is 13.8. The van der Waals surface area contributed by atoms with Gasteiger partial charge in [0.1, 0.15) is 0 Å². The second-order valence-electron chi connectivity index (χ2n) is 5.52. The molecule has 0 spiro atoms. The number of benzene rings is 1. The molecule has 0 saturated heterocycles. The van der Waals surface area contributed by atoms with E-state index in [4.69, 9.17) is 0 Å². The Bertz CT molecular complexity index is 695. The first-order chi connectivity index (χ1) is 11.1. The summed E-state index contributed by atoms with van der Waals surface area (Å²) in [5, 5.41) is 3.15. The highest BCUT2D eigenvalue weighted by Crippen LogP contribution is 2.20. The van der Waals surface area contributed by atoms with Gasteiger partial charge >= 0.3 is 0 Å². The quantitative estimate of drug-likeness (QED) is 0.567. The lowest BCUT2D eigenvalue weighted by atomic mass is 10.0. The van der Waals surface area contributed by atoms with E-state index in [0.717, 1.165) is 35.2 Å². The average molecular weight is 305 g/mol. The van der Waals surface area contributed by atoms with E-state index in [0.29, 0.717) is 5.95 Å². The Labute approximate surface area is 138 Å². The van der Waals surface area contributed by atoms with E-state index in [-0.39, 0.29) is 0 Å². The molecule has 0 aliphatic rings. The normalized spacial score (nSPS) is 11.1. The fourth-order valence-electron chi connectivity index (χ4n) is 2.24. The minimum Gasteiger partial charge on any atom is -0.325 e. The van der Waals surface area contributed by atoms with Gasteiger partial charge in [-0.15, -0.1) is 0 Å². The lowest BCUT2D eigenvalue weighted by molar-refractivity contribution is 1.13. The van der Waals surface area contributed by atoms with Crippen molar-refractivity contribution in [2.45, 2.75) is 26.7 Å². The predicted molar refractivity (Wildman–Crippen MR) is 98.2 cm³/mol. The average Bonchev–Trinajstić information content (AvgIpc) is 2.55. The Hall–Kier alpha value is -2.68. The van der Waals surface area contributed by atoms with Gasteiger partial charge in [-0.1, -0.05) is 56.0 Å². The minimum atomic E-state index is 0.576. The highest BCUT2D eigenvalue weighted by atomic mass is 15.1. The van der Waals surface area contributed by atoms with Gasteiger partial charge in [-0.3, -0.25) is 0 Å². The largest absolute Gasteiger partial charge is 0.325 e. The summed E-state index contributed by atoms with van der Waals surface area (Å²) in [5.41, 5.74) is 5.45. The van der Waals surface area contributed by atoms with Gasteiger partial charge in [0, 0.05) is 23.7 Å². The second-order valence-corrected chi connectivity index (χ2v) is 5.52. The van der Waals surface area contributed by atoms with Crippen LogP contribution in [0.5, 0.6) is 0 Å². The lowest BCUT2D eigenvalue weighted by Gasteiger charge is -2.07. The molecule has 0 amide bonds. The summed E-state index contributed by atoms with van der Waals surface area (Å²) in [6, 6.07) is 8.43. The molecule has 0 aliphatic carbocycles. The third-order valence-corrected chi connectivity index (χ3v) is 3.35. The maximum absolute atomic E-state index is 4.37. The van der Waals surface area contributed by atoms with Crippen molar-refractivity contribution in [2.24, 2.45) is 0 Å². The maximum Gasteiger partial charge on any atom is 0.227 e. The molecule has 0 radical (unpaired) electrons. The van der Waals surface area contributed by atoms with Crippen LogP contribution in [0.4, 0.5) is 5.95 Å². The molecule has 1 aromatic heterocycles. The van der Waals surface area contributed by atoms with Crippen LogP contribution in [0.1, 0.15) is 25.8 Å². The molecular formula is C20H23N3. The summed E-state index contributed by atoms with van der Waals surface area (Å²) < 4.78 is 0. The van der Waals surface area contributed by atoms with Gasteiger partial charge in [0.2, 0.25) is 5.95 Å². The molecule has 0 aliphatic heterocycles. The molecule has 0 saturated carbocycles. The topological polar surface area (TPSA) is 37.8 Å². The lowest BCUT2D eigenvalue weighted by Crippen LogP contribution is -2.01. The maximum atomic E-state index is 4.37. The summed E-state index contributed by atoms with van der Waals surface area (Å²) in [7, 11) is 0. The van der Waals surface area contributed by atoms with Gasteiger partial charge in [-0.2, -0.15) is 0 Å². The van der Waals surface area contributed by atoms with Crippen LogP contribution >= 0.6 is 0 Å². The van der Waals surface area contributed by atoms with Crippen molar-refractivity contribution in [1.29, 1.82) is 0 Å². The summed E-state index contributed by atoms with van der Waals surface area (Å²) in [5.74, 6) is 0.576. The van der Waals surface area contributed by atoms with Crippen LogP contribution in [0.15, 0.2) is 73.2 Å². The zero-order chi connectivity index (χ0) is 16.7. The molecular weight excluding hydrogens is 282 g/mol. The number of allylic oxidation sites excluding steroid dienone is 3. The van der Waals surface area contributed by atoms with Gasteiger partial charge in [0.25, 0.3) is 0 Å². The Morgan fingerprint density at radius 2 is 1.78 bits per heavy atom. The molecule has 2 aromatic rings. The van der Waals surface area contributed by atoms with Gasteiger partial charge in [0.15, 0.2) is 0 Å². The van der Waals surface area contributed by atoms with Gasteiger partial charge in [-0.25, -0.2) is 9.97 Å². The Balaban J connectivity index is 2.11. The summed E-state index contributed by atoms with van der Waals surface area (Å²) in [6.45, 7) is 11.8. The van der Waals surface area contributed by atoms with E-state index < -0.39 is 0 Å². The molecule has 1 N–H and O–H groups in total. The van der Waals surface area contributed by atoms with E-state index in [1.54, 1.807) is 6.08 Å². The van der Waals surface area contributed by atoms with E-state index in [1.165, 1.54) is 5.56 Å². The zero-order valence-corrected chi connectivity index (χ0v) is 13.8. The van der Waals surface area contributed by atoms with Crippen LogP contribution in [0.25, 0.3) is 11.1 Å². The first-order valence-corrected chi connectivity index (χ1v) is 7.77. The van der Waals surface area contributed by atoms with Crippen molar-refractivity contribution in [3.05, 3.63) is 78.8 Å². The highest BCUT2D eigenvalue weighted by molar-refractivity contribution is 5.62. The van der Waals surface area contributed by atoms with Crippen LogP contribution in [0.2, 0.25) is 0 Å². The van der Waals surface area contributed by atoms with Crippen LogP contribution in [0.3, 0.4) is 0 Å². The molecule has 0 unspecified atom stereocenters. The standard InChI is InChI=1S/C20H23N3/c1-5-7-19(6-2)23-20-21-13-18(14-22-20)17-10-8-16(9-11-17)12-15(3)4/h6-11,13-14H,2-3,5,12H2,1,4H3,(H,21,22,23)/b19-7+. The van der Waals surface area contributed by atoms with Crippen LogP contribution in [0, 0.1) is 0 Å². The number of hydrogen-bond donors (Lipinski definition) is 1. The first kappa shape index (κ1) is 16.7. The van der Waals surface area contributed by atoms with Gasteiger partial charge < -0.3 is 5.32 Å². The van der Waals surface area contributed by atoms with Crippen molar-refractivity contribution in [2.75, 3.05) is 5.32 Å². The van der Waals surface area contributed by atoms with Gasteiger partial charge in [0.05, 0.1) is 0 Å². The Morgan fingerprint density at radius 1 is 1.13 bits per heavy atom. The minimum absolute atomic E-state index is 0.576. The summed E-state index contributed by atoms with van der Waals surface area (Å²) in [6.07, 6.45) is 9.31. The van der Waals surface area contributed by atoms with Crippen LogP contribution in [-0.2, 0) is 6.42 Å². The van der Waals surface area contributed by atoms with Crippen molar-refractivity contribution in [1.82, 2.24) is 9.97 Å². The van der Waals surface area contributed by atoms with Crippen molar-refractivity contribution in [3.63, 3.8) is 0 Å². The molecule has 2 rings (SSSR count). The van der Waals surface area contributed by atoms with Crippen molar-refractivity contribution < 1.29 is 0 Å². The molecule has 3 heteroatoms. The predicted octanol–water partition coefficient (Wildman–Crippen LogP) is 5.15. The molecule has 0 bridgehead atoms. The Morgan fingerprint density at radius 3 is 2.30 bits per heavy atom. The number of nitrogens with zero attached hydrogens (tertiary/aromatic N) is 2. The first-order valence-electron chi connectivity index (χ1n) is 7.77. The fourth-order valence-corrected chi connectivity index (χ4v) is 2.24. The molecule has 23 heavy (non-hydrogen) atoms. The SMILES string of the molecule is C=C/C(=C\CC)Nc1ncc(-c2ccc(CC(=C)C)cc2)cn1.